The fourth-order valence-corrected chi connectivity index (χ4v) is 2.67. The number of carbonyl (C=O) groups is 1. The van der Waals surface area contributed by atoms with Gasteiger partial charge in [-0.1, -0.05) is 6.08 Å². The van der Waals surface area contributed by atoms with E-state index in [1.165, 1.54) is 18.2 Å². The smallest absolute Gasteiger partial charge is 0.248 e. The second kappa shape index (κ2) is 7.77. The highest BCUT2D eigenvalue weighted by Gasteiger charge is 2.17. The van der Waals surface area contributed by atoms with Gasteiger partial charge in [-0.25, -0.2) is 13.1 Å². The van der Waals surface area contributed by atoms with Crippen molar-refractivity contribution in [2.24, 2.45) is 5.73 Å². The Hall–Kier alpha value is -1.90. The number of primary amides is 1. The molecule has 0 spiro atoms. The number of amides is 1. The summed E-state index contributed by atoms with van der Waals surface area (Å²) in [6.07, 6.45) is 2.42. The van der Waals surface area contributed by atoms with Crippen LogP contribution in [0.3, 0.4) is 0 Å². The molecule has 21 heavy (non-hydrogen) atoms. The Balaban J connectivity index is 2.66. The molecule has 0 saturated carbocycles. The van der Waals surface area contributed by atoms with Gasteiger partial charge in [0.05, 0.1) is 18.9 Å². The number of rotatable bonds is 9. The number of nitrogens with two attached hydrogens (primary N) is 2. The molecule has 0 atom stereocenters. The number of anilines is 1. The lowest BCUT2D eigenvalue weighted by Gasteiger charge is -2.10. The third-order valence-corrected chi connectivity index (χ3v) is 4.12. The van der Waals surface area contributed by atoms with Crippen molar-refractivity contribution in [3.8, 4) is 0 Å². The van der Waals surface area contributed by atoms with E-state index in [0.717, 1.165) is 0 Å². The van der Waals surface area contributed by atoms with Gasteiger partial charge in [-0.3, -0.25) is 4.79 Å². The molecule has 7 nitrogen and oxygen atoms in total. The Morgan fingerprint density at radius 3 is 2.67 bits per heavy atom. The molecule has 1 aromatic carbocycles. The summed E-state index contributed by atoms with van der Waals surface area (Å²) in [5, 5.41) is 0. The van der Waals surface area contributed by atoms with E-state index in [4.69, 9.17) is 16.2 Å². The number of hydrogen-bond acceptors (Lipinski definition) is 5. The molecule has 1 aromatic rings. The average molecular weight is 313 g/mol. The number of nitrogens with one attached hydrogen (secondary N) is 1. The van der Waals surface area contributed by atoms with Gasteiger partial charge < -0.3 is 16.2 Å². The van der Waals surface area contributed by atoms with E-state index in [1.54, 1.807) is 6.08 Å². The largest absolute Gasteiger partial charge is 0.398 e. The molecule has 0 unspecified atom stereocenters. The Morgan fingerprint density at radius 2 is 2.10 bits per heavy atom. The van der Waals surface area contributed by atoms with Crippen LogP contribution in [0.15, 0.2) is 35.7 Å². The number of nitrogen functional groups attached to an aromatic ring is 1. The highest BCUT2D eigenvalue weighted by molar-refractivity contribution is 7.89. The van der Waals surface area contributed by atoms with Gasteiger partial charge in [0, 0.05) is 12.1 Å². The summed E-state index contributed by atoms with van der Waals surface area (Å²) < 4.78 is 31.7. The van der Waals surface area contributed by atoms with Gasteiger partial charge in [0.25, 0.3) is 0 Å². The van der Waals surface area contributed by atoms with Gasteiger partial charge >= 0.3 is 0 Å². The molecule has 5 N–H and O–H groups in total. The number of carbonyl (C=O) groups excluding carboxylic acids is 1. The van der Waals surface area contributed by atoms with E-state index in [1.807, 2.05) is 0 Å². The number of benzene rings is 1. The Morgan fingerprint density at radius 1 is 1.38 bits per heavy atom. The first-order valence-corrected chi connectivity index (χ1v) is 7.74. The van der Waals surface area contributed by atoms with Crippen molar-refractivity contribution in [1.29, 1.82) is 0 Å². The lowest BCUT2D eigenvalue weighted by Crippen LogP contribution is -2.28. The first-order valence-electron chi connectivity index (χ1n) is 6.26. The third-order valence-electron chi connectivity index (χ3n) is 2.59. The highest BCUT2D eigenvalue weighted by Crippen LogP contribution is 2.19. The zero-order valence-electron chi connectivity index (χ0n) is 11.5. The van der Waals surface area contributed by atoms with Crippen molar-refractivity contribution in [3.63, 3.8) is 0 Å². The Bertz CT molecular complexity index is 614. The van der Waals surface area contributed by atoms with Crippen LogP contribution in [-0.2, 0) is 14.8 Å². The van der Waals surface area contributed by atoms with Crippen LogP contribution in [0.2, 0.25) is 0 Å². The van der Waals surface area contributed by atoms with Gasteiger partial charge in [0.2, 0.25) is 15.9 Å². The summed E-state index contributed by atoms with van der Waals surface area (Å²) >= 11 is 0. The molecule has 0 bridgehead atoms. The molecule has 1 amide bonds. The monoisotopic (exact) mass is 313 g/mol. The van der Waals surface area contributed by atoms with Gasteiger partial charge in [0.1, 0.15) is 4.90 Å². The summed E-state index contributed by atoms with van der Waals surface area (Å²) in [6.45, 7) is 4.40. The highest BCUT2D eigenvalue weighted by atomic mass is 32.2. The van der Waals surface area contributed by atoms with E-state index < -0.39 is 15.9 Å². The maximum Gasteiger partial charge on any atom is 0.248 e. The van der Waals surface area contributed by atoms with Crippen molar-refractivity contribution in [2.45, 2.75) is 11.3 Å². The molecule has 0 aliphatic rings. The molecule has 0 fully saturated rings. The quantitative estimate of drug-likeness (QED) is 0.342. The van der Waals surface area contributed by atoms with E-state index in [2.05, 4.69) is 11.3 Å². The molecule has 0 aliphatic heterocycles. The zero-order chi connectivity index (χ0) is 15.9. The van der Waals surface area contributed by atoms with Crippen molar-refractivity contribution < 1.29 is 17.9 Å². The van der Waals surface area contributed by atoms with Gasteiger partial charge in [0.15, 0.2) is 0 Å². The summed E-state index contributed by atoms with van der Waals surface area (Å²) in [4.78, 5) is 10.9. The van der Waals surface area contributed by atoms with Crippen LogP contribution < -0.4 is 16.2 Å². The zero-order valence-corrected chi connectivity index (χ0v) is 12.4. The molecule has 0 aromatic heterocycles. The van der Waals surface area contributed by atoms with E-state index in [-0.39, 0.29) is 29.3 Å². The van der Waals surface area contributed by atoms with Crippen LogP contribution in [0.1, 0.15) is 16.8 Å². The van der Waals surface area contributed by atoms with Crippen molar-refractivity contribution >= 4 is 21.6 Å². The lowest BCUT2D eigenvalue weighted by molar-refractivity contribution is 0.1000. The Labute approximate surface area is 124 Å². The van der Waals surface area contributed by atoms with Crippen LogP contribution >= 0.6 is 0 Å². The minimum atomic E-state index is -3.75. The second-order valence-corrected chi connectivity index (χ2v) is 5.94. The molecule has 0 radical (unpaired) electrons. The summed E-state index contributed by atoms with van der Waals surface area (Å²) in [6, 6.07) is 3.79. The van der Waals surface area contributed by atoms with Crippen molar-refractivity contribution in [1.82, 2.24) is 4.72 Å². The first-order chi connectivity index (χ1) is 9.88. The van der Waals surface area contributed by atoms with E-state index >= 15 is 0 Å². The molecule has 1 rings (SSSR count). The summed E-state index contributed by atoms with van der Waals surface area (Å²) in [5.41, 5.74) is 10.9. The minimum absolute atomic E-state index is 0.0358. The van der Waals surface area contributed by atoms with Crippen molar-refractivity contribution in [3.05, 3.63) is 36.4 Å². The maximum absolute atomic E-state index is 12.0. The fourth-order valence-electron chi connectivity index (χ4n) is 1.54. The molecule has 8 heteroatoms. The SMILES string of the molecule is C=CCCOCCNS(=O)(=O)c1ccc(C(N)=O)cc1N. The molecule has 0 saturated heterocycles. The van der Waals surface area contributed by atoms with Gasteiger partial charge in [-0.2, -0.15) is 0 Å². The van der Waals surface area contributed by atoms with Crippen LogP contribution in [0.5, 0.6) is 0 Å². The van der Waals surface area contributed by atoms with Crippen LogP contribution in [0.25, 0.3) is 0 Å². The number of hydrogen-bond donors (Lipinski definition) is 3. The van der Waals surface area contributed by atoms with E-state index in [0.29, 0.717) is 13.0 Å². The van der Waals surface area contributed by atoms with E-state index in [9.17, 15) is 13.2 Å². The summed E-state index contributed by atoms with van der Waals surface area (Å²) in [7, 11) is -3.75. The normalized spacial score (nSPS) is 11.2. The molecular weight excluding hydrogens is 294 g/mol. The minimum Gasteiger partial charge on any atom is -0.398 e. The molecule has 0 heterocycles. The summed E-state index contributed by atoms with van der Waals surface area (Å²) in [5.74, 6) is -0.672. The van der Waals surface area contributed by atoms with Gasteiger partial charge in [-0.15, -0.1) is 6.58 Å². The fraction of sp³-hybridized carbons (Fsp3) is 0.308. The van der Waals surface area contributed by atoms with Crippen molar-refractivity contribution in [2.75, 3.05) is 25.5 Å². The molecule has 116 valence electrons. The standard InChI is InChI=1S/C13H19N3O4S/c1-2-3-7-20-8-6-16-21(18,19)12-5-4-10(13(15)17)9-11(12)14/h2,4-5,9,16H,1,3,6-8,14H2,(H2,15,17). The van der Waals surface area contributed by atoms with Crippen LogP contribution in [0, 0.1) is 0 Å². The molecule has 0 aliphatic carbocycles. The number of ether oxygens (including phenoxy) is 1. The lowest BCUT2D eigenvalue weighted by atomic mass is 10.2. The average Bonchev–Trinajstić information content (AvgIpc) is 2.42. The third kappa shape index (κ3) is 5.18. The van der Waals surface area contributed by atoms with Crippen LogP contribution in [-0.4, -0.2) is 34.1 Å². The number of sulfonamides is 1. The molecular formula is C13H19N3O4S. The van der Waals surface area contributed by atoms with Crippen LogP contribution in [0.4, 0.5) is 5.69 Å². The first kappa shape index (κ1) is 17.2. The second-order valence-electron chi connectivity index (χ2n) is 4.20. The Kier molecular flexibility index (Phi) is 6.35. The maximum atomic E-state index is 12.0. The predicted octanol–water partition coefficient (Wildman–Crippen LogP) is 0.239. The topological polar surface area (TPSA) is 125 Å². The van der Waals surface area contributed by atoms with Gasteiger partial charge in [-0.05, 0) is 24.6 Å². The predicted molar refractivity (Wildman–Crippen MR) is 80.2 cm³/mol.